The summed E-state index contributed by atoms with van der Waals surface area (Å²) >= 11 is 4.64. The SMILES string of the molecule is CCCCCCCCCCC[CH2][Ni].O=[PH](O)O. The van der Waals surface area contributed by atoms with E-state index in [1.807, 2.05) is 0 Å². The molecule has 0 radical (unpaired) electrons. The van der Waals surface area contributed by atoms with Gasteiger partial charge >= 0.3 is 100 Å². The van der Waals surface area contributed by atoms with Crippen molar-refractivity contribution in [3.8, 4) is 0 Å². The van der Waals surface area contributed by atoms with E-state index in [2.05, 4.69) is 22.4 Å². The first-order chi connectivity index (χ1) is 8.15. The molecule has 0 bridgehead atoms. The van der Waals surface area contributed by atoms with Crippen LogP contribution in [0, 0.1) is 0 Å². The van der Waals surface area contributed by atoms with Gasteiger partial charge in [0, 0.05) is 0 Å². The van der Waals surface area contributed by atoms with E-state index in [4.69, 9.17) is 14.4 Å². The molecule has 0 heterocycles. The molecular weight excluding hydrogens is 282 g/mol. The zero-order chi connectivity index (χ0) is 13.4. The van der Waals surface area contributed by atoms with Crippen LogP contribution in [-0.2, 0) is 20.0 Å². The molecule has 0 fully saturated rings. The predicted molar refractivity (Wildman–Crippen MR) is 70.1 cm³/mol. The molecule has 0 aliphatic heterocycles. The van der Waals surface area contributed by atoms with Gasteiger partial charge in [-0.3, -0.25) is 4.57 Å². The number of hydrogen-bond acceptors (Lipinski definition) is 1. The second kappa shape index (κ2) is 19.0. The van der Waals surface area contributed by atoms with Gasteiger partial charge in [0.2, 0.25) is 0 Å². The molecule has 3 nitrogen and oxygen atoms in total. The Bertz CT molecular complexity index is 143. The van der Waals surface area contributed by atoms with Gasteiger partial charge in [0.25, 0.3) is 0 Å². The molecular formula is C12H28NiO3P. The molecule has 0 unspecified atom stereocenters. The second-order valence-corrected chi connectivity index (χ2v) is 5.18. The second-order valence-electron chi connectivity index (χ2n) is 4.12. The minimum Gasteiger partial charge on any atom is -0.326 e. The van der Waals surface area contributed by atoms with Gasteiger partial charge in [-0.25, -0.2) is 0 Å². The molecule has 0 aliphatic rings. The summed E-state index contributed by atoms with van der Waals surface area (Å²) in [6.45, 7) is 2.27. The van der Waals surface area contributed by atoms with Crippen LogP contribution < -0.4 is 0 Å². The summed E-state index contributed by atoms with van der Waals surface area (Å²) in [5, 5.41) is 0.997. The first-order valence-corrected chi connectivity index (χ1v) is 8.58. The van der Waals surface area contributed by atoms with Crippen molar-refractivity contribution in [2.24, 2.45) is 0 Å². The van der Waals surface area contributed by atoms with Crippen LogP contribution in [0.4, 0.5) is 0 Å². The summed E-state index contributed by atoms with van der Waals surface area (Å²) in [5.74, 6) is 0. The summed E-state index contributed by atoms with van der Waals surface area (Å²) in [4.78, 5) is 14.3. The molecule has 5 heteroatoms. The quantitative estimate of drug-likeness (QED) is 0.360. The Balaban J connectivity index is 0. The van der Waals surface area contributed by atoms with Crippen molar-refractivity contribution in [1.29, 1.82) is 0 Å². The molecule has 0 spiro atoms. The molecule has 0 rings (SSSR count). The van der Waals surface area contributed by atoms with Gasteiger partial charge in [0.1, 0.15) is 0 Å². The molecule has 0 saturated heterocycles. The van der Waals surface area contributed by atoms with Crippen LogP contribution in [-0.4, -0.2) is 9.79 Å². The van der Waals surface area contributed by atoms with Crippen molar-refractivity contribution in [3.05, 3.63) is 0 Å². The van der Waals surface area contributed by atoms with E-state index < -0.39 is 8.25 Å². The summed E-state index contributed by atoms with van der Waals surface area (Å²) in [7, 11) is -3.13. The number of unbranched alkanes of at least 4 members (excludes halogenated alkanes) is 9. The summed E-state index contributed by atoms with van der Waals surface area (Å²) < 4.78 is 8.74. The van der Waals surface area contributed by atoms with Gasteiger partial charge in [0.15, 0.2) is 0 Å². The third kappa shape index (κ3) is 31.5. The van der Waals surface area contributed by atoms with E-state index in [1.54, 1.807) is 0 Å². The van der Waals surface area contributed by atoms with Gasteiger partial charge < -0.3 is 9.79 Å². The molecule has 0 aromatic rings. The van der Waals surface area contributed by atoms with E-state index >= 15 is 0 Å². The Morgan fingerprint density at radius 1 is 0.824 bits per heavy atom. The van der Waals surface area contributed by atoms with Gasteiger partial charge in [-0.15, -0.1) is 0 Å². The Hall–Kier alpha value is 0.644. The third-order valence-corrected chi connectivity index (χ3v) is 2.81. The summed E-state index contributed by atoms with van der Waals surface area (Å²) in [5.41, 5.74) is 0. The zero-order valence-corrected chi connectivity index (χ0v) is 12.9. The molecule has 109 valence electrons. The van der Waals surface area contributed by atoms with Crippen LogP contribution >= 0.6 is 8.25 Å². The molecule has 0 aliphatic carbocycles. The Kier molecular flexibility index (Phi) is 22.3. The molecule has 0 saturated carbocycles. The van der Waals surface area contributed by atoms with E-state index in [9.17, 15) is 0 Å². The van der Waals surface area contributed by atoms with Gasteiger partial charge in [0.05, 0.1) is 0 Å². The van der Waals surface area contributed by atoms with Crippen LogP contribution in [0.15, 0.2) is 0 Å². The molecule has 0 aromatic carbocycles. The fraction of sp³-hybridized carbons (Fsp3) is 1.00. The zero-order valence-electron chi connectivity index (χ0n) is 10.9. The largest absolute Gasteiger partial charge is 0.326 e. The van der Waals surface area contributed by atoms with Crippen LogP contribution in [0.2, 0.25) is 5.39 Å². The molecule has 17 heavy (non-hydrogen) atoms. The van der Waals surface area contributed by atoms with Crippen molar-refractivity contribution in [2.75, 3.05) is 0 Å². The van der Waals surface area contributed by atoms with Crippen LogP contribution in [0.3, 0.4) is 0 Å². The first kappa shape index (κ1) is 20.0. The molecule has 0 atom stereocenters. The Labute approximate surface area is 115 Å². The maximum Gasteiger partial charge on any atom is 0.314 e. The summed E-state index contributed by atoms with van der Waals surface area (Å²) in [6, 6.07) is 0. The minimum absolute atomic E-state index is 0.997. The van der Waals surface area contributed by atoms with Crippen molar-refractivity contribution in [1.82, 2.24) is 0 Å². The number of hydrogen-bond donors (Lipinski definition) is 2. The van der Waals surface area contributed by atoms with Crippen molar-refractivity contribution < 1.29 is 29.8 Å². The average molecular weight is 310 g/mol. The molecule has 2 N–H and O–H groups in total. The average Bonchev–Trinajstić information content (AvgIpc) is 2.26. The smallest absolute Gasteiger partial charge is 0.314 e. The fourth-order valence-corrected chi connectivity index (χ4v) is 1.81. The predicted octanol–water partition coefficient (Wildman–Crippen LogP) is 4.23. The van der Waals surface area contributed by atoms with Gasteiger partial charge in [-0.1, -0.05) is 0 Å². The van der Waals surface area contributed by atoms with Gasteiger partial charge in [-0.05, 0) is 0 Å². The minimum atomic E-state index is -3.13. The van der Waals surface area contributed by atoms with Crippen molar-refractivity contribution >= 4 is 8.25 Å². The van der Waals surface area contributed by atoms with Crippen molar-refractivity contribution in [3.63, 3.8) is 0 Å². The Morgan fingerprint density at radius 3 is 1.41 bits per heavy atom. The van der Waals surface area contributed by atoms with Crippen molar-refractivity contribution in [2.45, 2.75) is 76.5 Å². The standard InChI is InChI=1S/C12H25.Ni.H3O3P/c1-3-5-7-9-11-12-10-8-6-4-2;;1-4(2)3/h1,3-12H2,2H3;;4H,(H2,1,2,3). The van der Waals surface area contributed by atoms with E-state index in [0.717, 1.165) is 5.39 Å². The summed E-state index contributed by atoms with van der Waals surface area (Å²) in [6.07, 6.45) is 14.1. The topological polar surface area (TPSA) is 57.5 Å². The molecule has 0 aromatic heterocycles. The fourth-order valence-electron chi connectivity index (χ4n) is 1.57. The monoisotopic (exact) mass is 309 g/mol. The van der Waals surface area contributed by atoms with E-state index in [0.29, 0.717) is 0 Å². The van der Waals surface area contributed by atoms with E-state index in [1.165, 1.54) is 64.2 Å². The maximum atomic E-state index is 8.74. The van der Waals surface area contributed by atoms with Crippen LogP contribution in [0.1, 0.15) is 71.1 Å². The first-order valence-electron chi connectivity index (χ1n) is 6.58. The van der Waals surface area contributed by atoms with Crippen LogP contribution in [0.25, 0.3) is 0 Å². The number of rotatable bonds is 10. The molecule has 0 amide bonds. The third-order valence-electron chi connectivity index (χ3n) is 2.47. The normalized spacial score (nSPS) is 10.2. The van der Waals surface area contributed by atoms with Crippen LogP contribution in [0.5, 0.6) is 0 Å². The Morgan fingerprint density at radius 2 is 1.12 bits per heavy atom. The maximum absolute atomic E-state index is 8.74. The van der Waals surface area contributed by atoms with E-state index in [-0.39, 0.29) is 0 Å². The van der Waals surface area contributed by atoms with Gasteiger partial charge in [-0.2, -0.15) is 0 Å².